The highest BCUT2D eigenvalue weighted by Gasteiger charge is 2.83. The second-order valence-corrected chi connectivity index (χ2v) is 32.4. The number of esters is 4. The molecule has 0 saturated carbocycles. The summed E-state index contributed by atoms with van der Waals surface area (Å²) in [6.45, 7) is 8.25. The summed E-state index contributed by atoms with van der Waals surface area (Å²) in [7, 11) is 0. The number of anilines is 2. The number of hydrogen-bond donors (Lipinski definition) is 0. The molecular weight excluding hydrogens is 1220 g/mol. The zero-order valence-corrected chi connectivity index (χ0v) is 52.6. The van der Waals surface area contributed by atoms with E-state index in [-0.39, 0.29) is 38.4 Å². The molecule has 0 aromatic heterocycles. The lowest BCUT2D eigenvalue weighted by atomic mass is 9.46. The third-order valence-electron chi connectivity index (χ3n) is 30.6. The van der Waals surface area contributed by atoms with Crippen molar-refractivity contribution in [3.63, 3.8) is 0 Å². The van der Waals surface area contributed by atoms with Crippen LogP contribution < -0.4 is 9.80 Å². The van der Waals surface area contributed by atoms with Gasteiger partial charge in [0.05, 0.1) is 37.3 Å². The normalized spacial score (nSPS) is 22.7. The van der Waals surface area contributed by atoms with Crippen LogP contribution in [0.1, 0.15) is 61.1 Å². The minimum Gasteiger partial charge on any atom is -0.464 e. The number of benzene rings is 20. The highest BCUT2D eigenvalue weighted by Crippen LogP contribution is 2.87. The molecule has 2 fully saturated rings. The van der Waals surface area contributed by atoms with Gasteiger partial charge in [0.1, 0.15) is 12.1 Å². The summed E-state index contributed by atoms with van der Waals surface area (Å²) in [5.41, 5.74) is 6.34. The fraction of sp³-hybridized carbons (Fsp3) is 0.169. The minimum absolute atomic E-state index is 0.176. The molecule has 2 saturated heterocycles. The fourth-order valence-corrected chi connectivity index (χ4v) is 29.5. The molecule has 0 amide bonds. The van der Waals surface area contributed by atoms with Crippen molar-refractivity contribution in [3.8, 4) is 0 Å². The summed E-state index contributed by atoms with van der Waals surface area (Å²) in [5, 5.41) is 78.5. The first-order valence-corrected chi connectivity index (χ1v) is 36.0. The lowest BCUT2D eigenvalue weighted by molar-refractivity contribution is -0.147. The van der Waals surface area contributed by atoms with E-state index in [0.29, 0.717) is 6.42 Å². The molecule has 30 aromatic carbocycles. The van der Waals surface area contributed by atoms with Crippen LogP contribution in [0.3, 0.4) is 0 Å². The number of carbonyl (C=O) groups excluding carboxylic acids is 4. The summed E-state index contributed by atoms with van der Waals surface area (Å²) in [4.78, 5) is 65.2. The molecule has 4 aliphatic carbocycles. The zero-order valence-electron chi connectivity index (χ0n) is 52.6. The van der Waals surface area contributed by atoms with Crippen LogP contribution >= 0.6 is 0 Å². The lowest BCUT2D eigenvalue weighted by Gasteiger charge is -2.51. The molecule has 2 heterocycles. The highest BCUT2D eigenvalue weighted by molar-refractivity contribution is 6.82. The maximum Gasteiger partial charge on any atom is 0.331 e. The topological polar surface area (TPSA) is 111 Å². The monoisotopic (exact) mass is 1260 g/mol. The molecule has 448 valence electrons. The van der Waals surface area contributed by atoms with Crippen LogP contribution in [0.15, 0.2) is 48.5 Å². The predicted octanol–water partition coefficient (Wildman–Crippen LogP) is 19.0. The van der Waals surface area contributed by atoms with Gasteiger partial charge in [-0.15, -0.1) is 0 Å². The SMILES string of the molecule is CCOC(=O)[C@@H]1[C@H](C(=O)OCC)N1c1ccc(Cc2ccc(N3[C@@H](C(=O)OCC)C45c6c7c8c9c%10c%11c(c%12c%13c4c4c6c6c%14c7c7c8c8c%10c%10c%15c%11c%11c%12c%12c%13c%13c4c4c6c6c%14c%14c7c7c8c%10c8c%10c%15c%11c%11c%12c%12c%13c4c4c6c6c%14c7c8c7c%10c%11c%12c4c67)C95[C@@H]3C(=O)OCC)cc2)cc1. The third kappa shape index (κ3) is 3.02. The van der Waals surface area contributed by atoms with Crippen molar-refractivity contribution in [1.82, 2.24) is 0 Å². The highest BCUT2D eigenvalue weighted by atomic mass is 16.6. The molecule has 10 heteroatoms. The first-order valence-electron chi connectivity index (χ1n) is 36.0. The first kappa shape index (κ1) is 44.3. The van der Waals surface area contributed by atoms with E-state index in [9.17, 15) is 9.59 Å². The van der Waals surface area contributed by atoms with Crippen LogP contribution in [0, 0.1) is 0 Å². The Morgan fingerprint density at radius 1 is 0.253 bits per heavy atom. The molecule has 0 N–H and O–H groups in total. The van der Waals surface area contributed by atoms with E-state index < -0.39 is 46.9 Å². The summed E-state index contributed by atoms with van der Waals surface area (Å²) in [5.74, 6) is -1.48. The molecule has 0 radical (unpaired) electrons. The molecule has 0 unspecified atom stereocenters. The molecule has 99 heavy (non-hydrogen) atoms. The standard InChI is InChI=1S/C89H34N2O8/c1-5-96-84(92)80-81(85(93)97-6-2)90(80)20-13-9-18(10-14-20)17-19-11-15-21(16-12-19)91-82(86(94)98-7-3)88-76-68-60-50-40-32-24-22-23-26-30-28(24)36-44-38(30)48-42-34(26)35-27(23)31-29-25(22)33(32)41-47-37(29)45-39(31)49-43(35)53-52(42)62-56(48)66-58(44)64(54(60)46(36)40)72(76)74(66)78-70(62)71-63(53)57(49)67-59(45)65-55(47)61(51(41)50)69(68)77(88)73(65)75(67)79(71)89(78,88)83(91)87(95)99-8-4/h9-16,80-83H,5-8,17H2,1-4H3/t80-,81+,82-,83-,88?,89?,90?/m0/s1. The summed E-state index contributed by atoms with van der Waals surface area (Å²) in [6.07, 6.45) is 0.584. The second-order valence-electron chi connectivity index (χ2n) is 32.4. The number of carbonyl (C=O) groups is 4. The van der Waals surface area contributed by atoms with Crippen molar-refractivity contribution in [1.29, 1.82) is 0 Å². The van der Waals surface area contributed by atoms with Crippen molar-refractivity contribution in [2.75, 3.05) is 36.2 Å². The van der Waals surface area contributed by atoms with E-state index in [1.807, 2.05) is 26.0 Å². The number of rotatable bonds is 12. The molecule has 36 rings (SSSR count). The molecule has 2 spiro atoms. The Morgan fingerprint density at radius 2 is 0.424 bits per heavy atom. The van der Waals surface area contributed by atoms with Crippen molar-refractivity contribution in [3.05, 3.63) is 81.9 Å². The summed E-state index contributed by atoms with van der Waals surface area (Å²) in [6, 6.07) is 13.3. The van der Waals surface area contributed by atoms with Gasteiger partial charge in [-0.25, -0.2) is 19.2 Å². The van der Waals surface area contributed by atoms with E-state index in [4.69, 9.17) is 18.9 Å². The van der Waals surface area contributed by atoms with Gasteiger partial charge in [-0.05, 0) is 383 Å². The number of ether oxygens (including phenoxy) is 4. The molecular formula is C89H34N2O8. The van der Waals surface area contributed by atoms with E-state index in [1.165, 1.54) is 302 Å². The van der Waals surface area contributed by atoms with Crippen molar-refractivity contribution in [2.45, 2.75) is 69.1 Å². The molecule has 10 nitrogen and oxygen atoms in total. The average Bonchev–Trinajstić information content (AvgIpc) is 1.38. The third-order valence-corrected chi connectivity index (χ3v) is 30.6. The van der Waals surface area contributed by atoms with Crippen LogP contribution in [0.5, 0.6) is 0 Å². The second kappa shape index (κ2) is 11.6. The Morgan fingerprint density at radius 3 is 0.616 bits per heavy atom. The van der Waals surface area contributed by atoms with Crippen molar-refractivity contribution >= 4 is 326 Å². The molecule has 4 atom stereocenters. The van der Waals surface area contributed by atoms with Gasteiger partial charge in [-0.1, -0.05) is 24.3 Å². The minimum atomic E-state index is -1.20. The molecule has 30 aromatic rings. The summed E-state index contributed by atoms with van der Waals surface area (Å²) < 4.78 is 24.7. The van der Waals surface area contributed by atoms with Gasteiger partial charge in [-0.3, -0.25) is 0 Å². The van der Waals surface area contributed by atoms with Crippen molar-refractivity contribution < 1.29 is 38.1 Å². The van der Waals surface area contributed by atoms with Crippen LogP contribution in [-0.2, 0) is 55.4 Å². The van der Waals surface area contributed by atoms with Gasteiger partial charge in [-0.2, -0.15) is 0 Å². The van der Waals surface area contributed by atoms with Crippen LogP contribution in [0.2, 0.25) is 0 Å². The van der Waals surface area contributed by atoms with Gasteiger partial charge in [0.15, 0.2) is 12.1 Å². The van der Waals surface area contributed by atoms with Gasteiger partial charge in [0.2, 0.25) is 0 Å². The van der Waals surface area contributed by atoms with E-state index in [0.717, 1.165) is 22.5 Å². The average molecular weight is 1260 g/mol. The van der Waals surface area contributed by atoms with Crippen LogP contribution in [0.25, 0.3) is 291 Å². The lowest BCUT2D eigenvalue weighted by Crippen LogP contribution is -2.59. The quantitative estimate of drug-likeness (QED) is 0.0507. The fourth-order valence-electron chi connectivity index (χ4n) is 29.5. The number of hydrogen-bond acceptors (Lipinski definition) is 10. The van der Waals surface area contributed by atoms with Gasteiger partial charge < -0.3 is 28.7 Å². The zero-order chi connectivity index (χ0) is 62.6. The smallest absolute Gasteiger partial charge is 0.331 e. The Labute approximate surface area is 548 Å². The largest absolute Gasteiger partial charge is 0.464 e. The Bertz CT molecular complexity index is 8150. The van der Waals surface area contributed by atoms with E-state index in [1.54, 1.807) is 29.5 Å². The van der Waals surface area contributed by atoms with Gasteiger partial charge in [0, 0.05) is 11.4 Å². The maximum absolute atomic E-state index is 17.4. The predicted molar refractivity (Wildman–Crippen MR) is 396 cm³/mol. The maximum atomic E-state index is 17.4. The Hall–Kier alpha value is -11.6. The van der Waals surface area contributed by atoms with E-state index in [2.05, 4.69) is 41.3 Å². The van der Waals surface area contributed by atoms with Crippen LogP contribution in [0.4, 0.5) is 11.4 Å². The van der Waals surface area contributed by atoms with Crippen molar-refractivity contribution in [2.24, 2.45) is 0 Å². The van der Waals surface area contributed by atoms with Gasteiger partial charge >= 0.3 is 23.9 Å². The Kier molecular flexibility index (Phi) is 5.17. The van der Waals surface area contributed by atoms with Crippen LogP contribution in [-0.4, -0.2) is 74.5 Å². The molecule has 6 aliphatic rings. The first-order chi connectivity index (χ1) is 48.8. The Balaban J connectivity index is 0.766. The van der Waals surface area contributed by atoms with E-state index >= 15 is 9.59 Å². The molecule has 2 aliphatic heterocycles. The van der Waals surface area contributed by atoms with Gasteiger partial charge in [0.25, 0.3) is 0 Å². The summed E-state index contributed by atoms with van der Waals surface area (Å²) >= 11 is 0. The number of nitrogens with zero attached hydrogens (tertiary/aromatic N) is 2. The molecule has 0 bridgehead atoms.